The highest BCUT2D eigenvalue weighted by Gasteiger charge is 2.30. The second-order valence-corrected chi connectivity index (χ2v) is 10.6. The van der Waals surface area contributed by atoms with Gasteiger partial charge in [0.15, 0.2) is 6.61 Å². The average molecular weight is 521 g/mol. The van der Waals surface area contributed by atoms with E-state index in [-0.39, 0.29) is 30.4 Å². The number of carbonyl (C=O) groups is 2. The van der Waals surface area contributed by atoms with Crippen molar-refractivity contribution in [3.8, 4) is 5.75 Å². The molecule has 0 saturated heterocycles. The molecule has 1 N–H and O–H groups in total. The van der Waals surface area contributed by atoms with E-state index in [1.165, 1.54) is 5.56 Å². The Labute approximate surface area is 225 Å². The number of amides is 2. The zero-order chi connectivity index (χ0) is 26.8. The maximum Gasteiger partial charge on any atom is 0.261 e. The van der Waals surface area contributed by atoms with E-state index in [9.17, 15) is 9.59 Å². The topological polar surface area (TPSA) is 58.6 Å². The third kappa shape index (κ3) is 8.64. The largest absolute Gasteiger partial charge is 0.484 e. The third-order valence-electron chi connectivity index (χ3n) is 6.17. The van der Waals surface area contributed by atoms with E-state index < -0.39 is 6.04 Å². The maximum atomic E-state index is 13.6. The van der Waals surface area contributed by atoms with Crippen LogP contribution in [0.2, 0.25) is 5.02 Å². The van der Waals surface area contributed by atoms with E-state index in [0.717, 1.165) is 17.5 Å². The van der Waals surface area contributed by atoms with Crippen molar-refractivity contribution in [1.82, 2.24) is 10.2 Å². The molecule has 0 aromatic heterocycles. The Morgan fingerprint density at radius 2 is 1.57 bits per heavy atom. The highest BCUT2D eigenvalue weighted by Crippen LogP contribution is 2.24. The number of hydrogen-bond donors (Lipinski definition) is 1. The van der Waals surface area contributed by atoms with Gasteiger partial charge in [0.2, 0.25) is 5.91 Å². The Balaban J connectivity index is 1.85. The van der Waals surface area contributed by atoms with Crippen molar-refractivity contribution in [1.29, 1.82) is 0 Å². The van der Waals surface area contributed by atoms with Crippen LogP contribution in [0.25, 0.3) is 0 Å². The fraction of sp³-hybridized carbons (Fsp3) is 0.355. The van der Waals surface area contributed by atoms with Gasteiger partial charge in [0.05, 0.1) is 0 Å². The van der Waals surface area contributed by atoms with E-state index in [1.807, 2.05) is 73.7 Å². The molecule has 0 bridgehead atoms. The maximum absolute atomic E-state index is 13.6. The Bertz CT molecular complexity index is 1140. The van der Waals surface area contributed by atoms with Crippen LogP contribution >= 0.6 is 11.6 Å². The lowest BCUT2D eigenvalue weighted by Crippen LogP contribution is -2.51. The van der Waals surface area contributed by atoms with Gasteiger partial charge in [0, 0.05) is 24.5 Å². The van der Waals surface area contributed by atoms with Gasteiger partial charge in [0.1, 0.15) is 11.8 Å². The fourth-order valence-corrected chi connectivity index (χ4v) is 4.11. The molecule has 6 heteroatoms. The van der Waals surface area contributed by atoms with Crippen molar-refractivity contribution in [2.45, 2.75) is 58.5 Å². The molecule has 5 nitrogen and oxygen atoms in total. The molecule has 0 saturated carbocycles. The van der Waals surface area contributed by atoms with Crippen LogP contribution in [0.15, 0.2) is 78.9 Å². The van der Waals surface area contributed by atoms with Gasteiger partial charge in [-0.05, 0) is 52.8 Å². The van der Waals surface area contributed by atoms with Gasteiger partial charge >= 0.3 is 0 Å². The Kier molecular flexibility index (Phi) is 10.2. The van der Waals surface area contributed by atoms with Gasteiger partial charge < -0.3 is 15.0 Å². The first-order valence-corrected chi connectivity index (χ1v) is 13.1. The van der Waals surface area contributed by atoms with Gasteiger partial charge in [-0.15, -0.1) is 0 Å². The van der Waals surface area contributed by atoms with Crippen LogP contribution in [0.1, 0.15) is 50.8 Å². The van der Waals surface area contributed by atoms with Gasteiger partial charge in [-0.3, -0.25) is 9.59 Å². The van der Waals surface area contributed by atoms with Crippen molar-refractivity contribution in [2.75, 3.05) is 13.2 Å². The van der Waals surface area contributed by atoms with E-state index in [4.69, 9.17) is 16.3 Å². The summed E-state index contributed by atoms with van der Waals surface area (Å²) in [5.74, 6) is 0.174. The standard InChI is InChI=1S/C31H37ClN2O3/c1-5-19-33-30(36)28(20-23-9-7-6-8-10-23)34(21-24-11-15-26(32)16-12-24)29(35)22-37-27-17-13-25(14-18-27)31(2,3)4/h6-18,28H,5,19-22H2,1-4H3,(H,33,36). The van der Waals surface area contributed by atoms with Crippen LogP contribution < -0.4 is 10.1 Å². The number of nitrogens with zero attached hydrogens (tertiary/aromatic N) is 1. The van der Waals surface area contributed by atoms with Gasteiger partial charge in [0.25, 0.3) is 5.91 Å². The second kappa shape index (κ2) is 13.3. The average Bonchev–Trinajstić information content (AvgIpc) is 2.89. The summed E-state index contributed by atoms with van der Waals surface area (Å²) in [7, 11) is 0. The number of hydrogen-bond acceptors (Lipinski definition) is 3. The highest BCUT2D eigenvalue weighted by molar-refractivity contribution is 6.30. The molecule has 0 aliphatic rings. The number of halogens is 1. The number of nitrogens with one attached hydrogen (secondary N) is 1. The number of benzene rings is 3. The normalized spacial score (nSPS) is 12.0. The minimum atomic E-state index is -0.691. The molecule has 1 unspecified atom stereocenters. The summed E-state index contributed by atoms with van der Waals surface area (Å²) in [5, 5.41) is 3.60. The van der Waals surface area contributed by atoms with E-state index in [0.29, 0.717) is 23.7 Å². The molecular formula is C31H37ClN2O3. The van der Waals surface area contributed by atoms with E-state index in [2.05, 4.69) is 26.1 Å². The minimum Gasteiger partial charge on any atom is -0.484 e. The third-order valence-corrected chi connectivity index (χ3v) is 6.42. The highest BCUT2D eigenvalue weighted by atomic mass is 35.5. The molecule has 3 rings (SSSR count). The van der Waals surface area contributed by atoms with Crippen molar-refractivity contribution >= 4 is 23.4 Å². The predicted octanol–water partition coefficient (Wildman–Crippen LogP) is 6.18. The first kappa shape index (κ1) is 28.3. The summed E-state index contributed by atoms with van der Waals surface area (Å²) in [6, 6.07) is 24.2. The first-order valence-electron chi connectivity index (χ1n) is 12.8. The van der Waals surface area contributed by atoms with Crippen molar-refractivity contribution in [3.05, 3.63) is 101 Å². The van der Waals surface area contributed by atoms with Gasteiger partial charge in [-0.25, -0.2) is 0 Å². The smallest absolute Gasteiger partial charge is 0.261 e. The quantitative estimate of drug-likeness (QED) is 0.328. The molecule has 0 radical (unpaired) electrons. The Hall–Kier alpha value is -3.31. The zero-order valence-electron chi connectivity index (χ0n) is 22.2. The van der Waals surface area contributed by atoms with Gasteiger partial charge in [-0.2, -0.15) is 0 Å². The predicted molar refractivity (Wildman–Crippen MR) is 150 cm³/mol. The van der Waals surface area contributed by atoms with Crippen LogP contribution in [-0.2, 0) is 28.0 Å². The van der Waals surface area contributed by atoms with Crippen molar-refractivity contribution in [2.24, 2.45) is 0 Å². The number of carbonyl (C=O) groups excluding carboxylic acids is 2. The number of ether oxygens (including phenoxy) is 1. The van der Waals surface area contributed by atoms with Crippen LogP contribution in [0.5, 0.6) is 5.75 Å². The molecule has 0 aliphatic heterocycles. The number of rotatable bonds is 11. The van der Waals surface area contributed by atoms with Crippen molar-refractivity contribution in [3.63, 3.8) is 0 Å². The summed E-state index contributed by atoms with van der Waals surface area (Å²) in [6.07, 6.45) is 1.21. The molecule has 0 spiro atoms. The lowest BCUT2D eigenvalue weighted by molar-refractivity contribution is -0.142. The second-order valence-electron chi connectivity index (χ2n) is 10.2. The fourth-order valence-electron chi connectivity index (χ4n) is 3.99. The molecule has 196 valence electrons. The molecular weight excluding hydrogens is 484 g/mol. The van der Waals surface area contributed by atoms with Crippen LogP contribution in [0.3, 0.4) is 0 Å². The minimum absolute atomic E-state index is 0.0280. The molecule has 37 heavy (non-hydrogen) atoms. The lowest BCUT2D eigenvalue weighted by Gasteiger charge is -2.31. The summed E-state index contributed by atoms with van der Waals surface area (Å²) in [4.78, 5) is 28.6. The summed E-state index contributed by atoms with van der Waals surface area (Å²) in [5.41, 5.74) is 3.08. The summed E-state index contributed by atoms with van der Waals surface area (Å²) in [6.45, 7) is 9.09. The van der Waals surface area contributed by atoms with Gasteiger partial charge in [-0.1, -0.05) is 93.9 Å². The van der Waals surface area contributed by atoms with Crippen molar-refractivity contribution < 1.29 is 14.3 Å². The summed E-state index contributed by atoms with van der Waals surface area (Å²) < 4.78 is 5.89. The SMILES string of the molecule is CCCNC(=O)C(Cc1ccccc1)N(Cc1ccc(Cl)cc1)C(=O)COc1ccc(C(C)(C)C)cc1. The van der Waals surface area contributed by atoms with E-state index in [1.54, 1.807) is 17.0 Å². The molecule has 0 fully saturated rings. The van der Waals surface area contributed by atoms with E-state index >= 15 is 0 Å². The van der Waals surface area contributed by atoms with Crippen LogP contribution in [0, 0.1) is 0 Å². The molecule has 0 heterocycles. The molecule has 1 atom stereocenters. The zero-order valence-corrected chi connectivity index (χ0v) is 22.9. The first-order chi connectivity index (χ1) is 17.7. The van der Waals surface area contributed by atoms with Crippen LogP contribution in [0.4, 0.5) is 0 Å². The Morgan fingerprint density at radius 3 is 2.16 bits per heavy atom. The van der Waals surface area contributed by atoms with Crippen LogP contribution in [-0.4, -0.2) is 35.9 Å². The Morgan fingerprint density at radius 1 is 0.919 bits per heavy atom. The molecule has 3 aromatic carbocycles. The monoisotopic (exact) mass is 520 g/mol. The molecule has 3 aromatic rings. The molecule has 0 aliphatic carbocycles. The molecule has 2 amide bonds. The lowest BCUT2D eigenvalue weighted by atomic mass is 9.87. The summed E-state index contributed by atoms with van der Waals surface area (Å²) >= 11 is 6.08.